The minimum absolute atomic E-state index is 0.224. The molecule has 0 spiro atoms. The summed E-state index contributed by atoms with van der Waals surface area (Å²) in [5.74, 6) is 2.40. The first-order valence-corrected chi connectivity index (χ1v) is 10.8. The second-order valence-corrected chi connectivity index (χ2v) is 10.4. The van der Waals surface area contributed by atoms with Gasteiger partial charge in [0.15, 0.2) is 5.11 Å². The molecule has 0 aromatic rings. The molecule has 3 nitrogen and oxygen atoms in total. The molecule has 25 heavy (non-hydrogen) atoms. The van der Waals surface area contributed by atoms with Crippen molar-refractivity contribution in [1.82, 2.24) is 5.43 Å². The summed E-state index contributed by atoms with van der Waals surface area (Å²) < 4.78 is 0. The lowest BCUT2D eigenvalue weighted by Gasteiger charge is -2.57. The van der Waals surface area contributed by atoms with E-state index < -0.39 is 0 Å². The van der Waals surface area contributed by atoms with Crippen molar-refractivity contribution in [2.24, 2.45) is 39.4 Å². The smallest absolute Gasteiger partial charge is 0.184 e. The van der Waals surface area contributed by atoms with Gasteiger partial charge in [-0.05, 0) is 86.8 Å². The Kier molecular flexibility index (Phi) is 4.47. The minimum Gasteiger partial charge on any atom is -0.375 e. The van der Waals surface area contributed by atoms with E-state index in [0.29, 0.717) is 10.7 Å². The van der Waals surface area contributed by atoms with Crippen LogP contribution in [0.15, 0.2) is 16.8 Å². The van der Waals surface area contributed by atoms with Crippen molar-refractivity contribution in [3.8, 4) is 0 Å². The lowest BCUT2D eigenvalue weighted by molar-refractivity contribution is -0.00568. The third-order valence-electron chi connectivity index (χ3n) is 8.12. The number of hydrogen-bond donors (Lipinski definition) is 3. The van der Waals surface area contributed by atoms with E-state index in [1.54, 1.807) is 5.57 Å². The molecule has 5 heteroatoms. The maximum atomic E-state index is 5.59. The highest BCUT2D eigenvalue weighted by Gasteiger charge is 2.57. The highest BCUT2D eigenvalue weighted by molar-refractivity contribution is 7.81. The maximum absolute atomic E-state index is 5.59. The summed E-state index contributed by atoms with van der Waals surface area (Å²) in [7, 11) is 0. The fraction of sp³-hybridized carbons (Fsp3) is 0.800. The van der Waals surface area contributed by atoms with Crippen LogP contribution in [0.2, 0.25) is 0 Å². The summed E-state index contributed by atoms with van der Waals surface area (Å²) in [6.45, 7) is 4.99. The summed E-state index contributed by atoms with van der Waals surface area (Å²) >= 11 is 9.71. The van der Waals surface area contributed by atoms with Gasteiger partial charge in [0.2, 0.25) is 0 Å². The molecule has 6 atom stereocenters. The number of fused-ring (bicyclic) bond motifs is 5. The summed E-state index contributed by atoms with van der Waals surface area (Å²) in [5, 5.41) is 5.44. The van der Waals surface area contributed by atoms with Crippen LogP contribution in [0, 0.1) is 28.6 Å². The Hall–Kier alpha value is -0.550. The average Bonchev–Trinajstić information content (AvgIpc) is 2.90. The van der Waals surface area contributed by atoms with Crippen molar-refractivity contribution in [1.29, 1.82) is 0 Å². The first-order valence-electron chi connectivity index (χ1n) is 9.84. The molecule has 0 aliphatic heterocycles. The van der Waals surface area contributed by atoms with Gasteiger partial charge in [-0.2, -0.15) is 17.7 Å². The van der Waals surface area contributed by atoms with Gasteiger partial charge < -0.3 is 5.73 Å². The van der Waals surface area contributed by atoms with E-state index in [4.69, 9.17) is 30.6 Å². The van der Waals surface area contributed by atoms with Crippen LogP contribution in [-0.2, 0) is 0 Å². The Bertz CT molecular complexity index is 643. The van der Waals surface area contributed by atoms with Crippen LogP contribution in [0.25, 0.3) is 0 Å². The fourth-order valence-electron chi connectivity index (χ4n) is 6.74. The first-order chi connectivity index (χ1) is 11.8. The SMILES string of the molecule is C[C@]12CC[C@@H](S)CC1=CC[C@@H]1[C@@H]2CC[C@]2(C)/C(=N/NC(N)=S)CC[C@@H]12. The maximum Gasteiger partial charge on any atom is 0.184 e. The Balaban J connectivity index is 1.62. The average molecular weight is 378 g/mol. The van der Waals surface area contributed by atoms with Crippen LogP contribution in [0.4, 0.5) is 0 Å². The summed E-state index contributed by atoms with van der Waals surface area (Å²) in [5.41, 5.74) is 12.1. The van der Waals surface area contributed by atoms with E-state index >= 15 is 0 Å². The van der Waals surface area contributed by atoms with Crippen LogP contribution in [0.5, 0.6) is 0 Å². The van der Waals surface area contributed by atoms with Crippen LogP contribution < -0.4 is 11.2 Å². The van der Waals surface area contributed by atoms with E-state index in [9.17, 15) is 0 Å². The predicted molar refractivity (Wildman–Crippen MR) is 112 cm³/mol. The molecular formula is C20H31N3S2. The van der Waals surface area contributed by atoms with Crippen molar-refractivity contribution < 1.29 is 0 Å². The molecule has 3 fully saturated rings. The Labute approximate surface area is 162 Å². The lowest BCUT2D eigenvalue weighted by atomic mass is 9.48. The van der Waals surface area contributed by atoms with Crippen molar-refractivity contribution in [3.63, 3.8) is 0 Å². The van der Waals surface area contributed by atoms with Crippen LogP contribution >= 0.6 is 24.8 Å². The number of allylic oxidation sites excluding steroid dienone is 2. The van der Waals surface area contributed by atoms with Gasteiger partial charge in [0, 0.05) is 16.4 Å². The van der Waals surface area contributed by atoms with Crippen LogP contribution in [0.3, 0.4) is 0 Å². The number of nitrogens with zero attached hydrogens (tertiary/aromatic N) is 1. The number of nitrogens with one attached hydrogen (secondary N) is 1. The normalized spacial score (nSPS) is 47.5. The number of hydrogen-bond acceptors (Lipinski definition) is 3. The largest absolute Gasteiger partial charge is 0.375 e. The Morgan fingerprint density at radius 3 is 2.72 bits per heavy atom. The van der Waals surface area contributed by atoms with Crippen molar-refractivity contribution in [2.45, 2.75) is 70.5 Å². The molecule has 0 aromatic carbocycles. The van der Waals surface area contributed by atoms with Gasteiger partial charge >= 0.3 is 0 Å². The molecule has 4 aliphatic rings. The Morgan fingerprint density at radius 2 is 1.96 bits per heavy atom. The molecule has 0 aromatic heterocycles. The highest BCUT2D eigenvalue weighted by Crippen LogP contribution is 2.64. The highest BCUT2D eigenvalue weighted by atomic mass is 32.1. The minimum atomic E-state index is 0.224. The number of hydrazone groups is 1. The topological polar surface area (TPSA) is 50.4 Å². The molecule has 0 unspecified atom stereocenters. The molecule has 0 bridgehead atoms. The van der Waals surface area contributed by atoms with Crippen molar-refractivity contribution in [2.75, 3.05) is 0 Å². The number of rotatable bonds is 1. The van der Waals surface area contributed by atoms with E-state index in [2.05, 4.69) is 30.5 Å². The van der Waals surface area contributed by atoms with Crippen LogP contribution in [0.1, 0.15) is 65.2 Å². The van der Waals surface area contributed by atoms with Gasteiger partial charge in [-0.15, -0.1) is 0 Å². The quantitative estimate of drug-likeness (QED) is 0.274. The number of thiol groups is 1. The van der Waals surface area contributed by atoms with Crippen molar-refractivity contribution >= 4 is 35.7 Å². The first kappa shape index (κ1) is 17.8. The van der Waals surface area contributed by atoms with E-state index in [0.717, 1.165) is 24.2 Å². The molecule has 0 radical (unpaired) electrons. The number of nitrogens with two attached hydrogens (primary N) is 1. The van der Waals surface area contributed by atoms with Gasteiger partial charge in [0.1, 0.15) is 0 Å². The summed E-state index contributed by atoms with van der Waals surface area (Å²) in [6.07, 6.45) is 12.6. The van der Waals surface area contributed by atoms with Gasteiger partial charge in [-0.1, -0.05) is 25.5 Å². The summed E-state index contributed by atoms with van der Waals surface area (Å²) in [4.78, 5) is 0. The van der Waals surface area contributed by atoms with Gasteiger partial charge in [-0.25, -0.2) is 0 Å². The van der Waals surface area contributed by atoms with Crippen LogP contribution in [-0.4, -0.2) is 16.1 Å². The van der Waals surface area contributed by atoms with E-state index in [1.807, 2.05) is 0 Å². The molecule has 138 valence electrons. The number of thiocarbonyl (C=S) groups is 1. The van der Waals surface area contributed by atoms with Gasteiger partial charge in [-0.3, -0.25) is 5.43 Å². The molecule has 0 heterocycles. The molecule has 4 aliphatic carbocycles. The fourth-order valence-corrected chi connectivity index (χ4v) is 7.11. The second kappa shape index (κ2) is 6.26. The lowest BCUT2D eigenvalue weighted by Crippen LogP contribution is -2.50. The monoisotopic (exact) mass is 377 g/mol. The van der Waals surface area contributed by atoms with E-state index in [1.165, 1.54) is 50.7 Å². The molecule has 4 rings (SSSR count). The molecular weight excluding hydrogens is 346 g/mol. The molecule has 3 N–H and O–H groups in total. The molecule has 3 saturated carbocycles. The van der Waals surface area contributed by atoms with Gasteiger partial charge in [0.05, 0.1) is 0 Å². The molecule has 0 saturated heterocycles. The molecule has 0 amide bonds. The summed E-state index contributed by atoms with van der Waals surface area (Å²) in [6, 6.07) is 0. The Morgan fingerprint density at radius 1 is 1.24 bits per heavy atom. The predicted octanol–water partition coefficient (Wildman–Crippen LogP) is 4.44. The van der Waals surface area contributed by atoms with Crippen molar-refractivity contribution in [3.05, 3.63) is 11.6 Å². The van der Waals surface area contributed by atoms with Gasteiger partial charge in [0.25, 0.3) is 0 Å². The third kappa shape index (κ3) is 2.77. The second-order valence-electron chi connectivity index (χ2n) is 9.19. The standard InChI is InChI=1S/C20H31N3S2/c1-19-9-7-13(24)11-12(19)3-4-14-15-5-6-17(22-23-18(21)25)20(15,2)10-8-16(14)19/h3,13-16,24H,4-11H2,1-2H3,(H3,21,23,25)/b22-17+/t13-,14+,15+,16+,19+,20+/m1/s1. The zero-order chi connectivity index (χ0) is 17.8. The third-order valence-corrected chi connectivity index (χ3v) is 8.65. The van der Waals surface area contributed by atoms with E-state index in [-0.39, 0.29) is 10.5 Å². The zero-order valence-electron chi connectivity index (χ0n) is 15.4. The zero-order valence-corrected chi connectivity index (χ0v) is 17.1.